The van der Waals surface area contributed by atoms with Gasteiger partial charge in [0.15, 0.2) is 37.1 Å². The largest absolute Gasteiger partial charge is 0.495 e. The number of anilines is 6. The molecule has 0 unspecified atom stereocenters. The Kier molecular flexibility index (Phi) is 32.1. The van der Waals surface area contributed by atoms with Crippen molar-refractivity contribution in [3.8, 4) is 35.1 Å². The maximum atomic E-state index is 13.4. The smallest absolute Gasteiger partial charge is 0.183 e. The highest BCUT2D eigenvalue weighted by molar-refractivity contribution is 7.91. The van der Waals surface area contributed by atoms with E-state index in [0.29, 0.717) is 53.2 Å². The van der Waals surface area contributed by atoms with Gasteiger partial charge in [0.05, 0.1) is 117 Å². The molecule has 508 valence electrons. The van der Waals surface area contributed by atoms with Crippen LogP contribution in [0.25, 0.3) is 0 Å². The van der Waals surface area contributed by atoms with Crippen molar-refractivity contribution in [1.82, 2.24) is 19.8 Å². The highest BCUT2D eigenvalue weighted by atomic mass is 32.2. The van der Waals surface area contributed by atoms with Crippen LogP contribution in [0, 0.1) is 36.5 Å². The number of nitrogens with zero attached hydrogens (tertiary/aromatic N) is 10. The van der Waals surface area contributed by atoms with Gasteiger partial charge in [-0.1, -0.05) is 36.4 Å². The first-order valence-corrected chi connectivity index (χ1v) is 32.8. The van der Waals surface area contributed by atoms with E-state index in [-0.39, 0.29) is 184 Å². The Labute approximate surface area is 546 Å². The molecule has 94 heavy (non-hydrogen) atoms. The van der Waals surface area contributed by atoms with Crippen molar-refractivity contribution in [3.05, 3.63) is 107 Å². The standard InChI is InChI=1S/2C31H41N7O8S/c1-22-24(21-32)30(34-23-7-5-4-6-8-23)35-31(33-9-16-46-17-15-41)29(22)37-36-25-19-27(45-3)28(20-26(25)44-2)47(42,43)18-12-38(10-13-39)11-14-40;1-22-24(21-32)30(33-9-16-46-17-15-41)35-31(34-23-7-5-4-6-8-23)29(22)37-36-25-19-27(45-3)28(20-26(25)44-2)47(42,43)18-12-38(10-13-39)11-14-40/h2*4-8,19-20,39-41H,9-18H2,1-3H3,(H2,33,34,35). The second-order valence-corrected chi connectivity index (χ2v) is 24.2. The minimum Gasteiger partial charge on any atom is -0.495 e. The van der Waals surface area contributed by atoms with Crippen LogP contribution in [0.2, 0.25) is 0 Å². The van der Waals surface area contributed by atoms with Gasteiger partial charge in [-0.3, -0.25) is 9.80 Å². The number of pyridine rings is 2. The first-order chi connectivity index (χ1) is 45.4. The van der Waals surface area contributed by atoms with E-state index >= 15 is 0 Å². The fraction of sp³-hybridized carbons (Fsp3) is 0.419. The molecule has 0 aliphatic carbocycles. The molecule has 32 heteroatoms. The summed E-state index contributed by atoms with van der Waals surface area (Å²) in [7, 11) is -2.38. The lowest BCUT2D eigenvalue weighted by molar-refractivity contribution is 0.0992. The Morgan fingerprint density at radius 2 is 0.840 bits per heavy atom. The lowest BCUT2D eigenvalue weighted by Gasteiger charge is -2.20. The Hall–Kier alpha value is -8.74. The molecule has 0 atom stereocenters. The molecule has 0 radical (unpaired) electrons. The second-order valence-electron chi connectivity index (χ2n) is 20.0. The lowest BCUT2D eigenvalue weighted by Crippen LogP contribution is -2.34. The molecule has 0 bridgehead atoms. The van der Waals surface area contributed by atoms with Gasteiger partial charge in [0.1, 0.15) is 73.5 Å². The summed E-state index contributed by atoms with van der Waals surface area (Å²) in [4.78, 5) is 12.3. The summed E-state index contributed by atoms with van der Waals surface area (Å²) < 4.78 is 85.9. The monoisotopic (exact) mass is 1340 g/mol. The number of para-hydroxylation sites is 2. The van der Waals surface area contributed by atoms with Gasteiger partial charge in [-0.15, -0.1) is 20.5 Å². The van der Waals surface area contributed by atoms with E-state index in [9.17, 15) is 47.8 Å². The highest BCUT2D eigenvalue weighted by Gasteiger charge is 2.27. The van der Waals surface area contributed by atoms with Gasteiger partial charge in [0, 0.05) is 99.1 Å². The fourth-order valence-electron chi connectivity index (χ4n) is 8.98. The summed E-state index contributed by atoms with van der Waals surface area (Å²) in [6.45, 7) is 5.08. The van der Waals surface area contributed by atoms with Crippen molar-refractivity contribution < 1.29 is 75.9 Å². The Balaban J connectivity index is 0.000000341. The summed E-state index contributed by atoms with van der Waals surface area (Å²) in [5.74, 6) is 0.884. The van der Waals surface area contributed by atoms with Gasteiger partial charge in [-0.05, 0) is 38.1 Å². The molecule has 4 aromatic carbocycles. The second kappa shape index (κ2) is 39.7. The molecule has 0 fully saturated rings. The molecule has 0 aliphatic rings. The van der Waals surface area contributed by atoms with Gasteiger partial charge < -0.3 is 80.3 Å². The van der Waals surface area contributed by atoms with Gasteiger partial charge in [0.2, 0.25) is 0 Å². The van der Waals surface area contributed by atoms with Gasteiger partial charge in [-0.2, -0.15) is 10.5 Å². The maximum Gasteiger partial charge on any atom is 0.183 e. The number of aliphatic hydroxyl groups is 6. The summed E-state index contributed by atoms with van der Waals surface area (Å²) in [6.07, 6.45) is 0. The highest BCUT2D eigenvalue weighted by Crippen LogP contribution is 2.43. The van der Waals surface area contributed by atoms with E-state index in [2.05, 4.69) is 63.8 Å². The van der Waals surface area contributed by atoms with E-state index in [1.165, 1.54) is 52.7 Å². The van der Waals surface area contributed by atoms with Crippen molar-refractivity contribution >= 4 is 77.1 Å². The minimum atomic E-state index is -3.89. The molecule has 10 N–H and O–H groups in total. The predicted molar refractivity (Wildman–Crippen MR) is 352 cm³/mol. The van der Waals surface area contributed by atoms with Gasteiger partial charge >= 0.3 is 0 Å². The zero-order valence-electron chi connectivity index (χ0n) is 53.3. The van der Waals surface area contributed by atoms with Crippen molar-refractivity contribution in [2.24, 2.45) is 20.5 Å². The van der Waals surface area contributed by atoms with Crippen LogP contribution in [0.5, 0.6) is 23.0 Å². The average molecular weight is 1340 g/mol. The molecule has 0 saturated heterocycles. The summed E-state index contributed by atoms with van der Waals surface area (Å²) in [6, 6.07) is 28.3. The predicted octanol–water partition coefficient (Wildman–Crippen LogP) is 5.84. The number of rotatable bonds is 40. The third kappa shape index (κ3) is 22.2. The van der Waals surface area contributed by atoms with E-state index < -0.39 is 19.7 Å². The number of sulfone groups is 2. The summed E-state index contributed by atoms with van der Waals surface area (Å²) in [5.41, 5.74) is 3.71. The van der Waals surface area contributed by atoms with Crippen LogP contribution in [-0.2, 0) is 29.1 Å². The molecule has 6 rings (SSSR count). The zero-order chi connectivity index (χ0) is 68.5. The first-order valence-electron chi connectivity index (χ1n) is 29.5. The number of nitriles is 2. The van der Waals surface area contributed by atoms with Crippen molar-refractivity contribution in [2.75, 3.05) is 180 Å². The number of benzene rings is 4. The third-order valence-electron chi connectivity index (χ3n) is 13.8. The summed E-state index contributed by atoms with van der Waals surface area (Å²) >= 11 is 0. The van der Waals surface area contributed by atoms with Crippen LogP contribution in [0.15, 0.2) is 115 Å². The topological polar surface area (TPSA) is 422 Å². The number of nitrogens with one attached hydrogen (secondary N) is 4. The molecule has 0 saturated carbocycles. The number of hydrogen-bond acceptors (Lipinski definition) is 30. The van der Waals surface area contributed by atoms with E-state index in [1.807, 2.05) is 60.7 Å². The SMILES string of the molecule is COc1cc(S(=O)(=O)CCN(CCO)CCO)c(OC)cc1N=Nc1c(NCCOCCO)nc(Nc2ccccc2)c(C#N)c1C.COc1cc(S(=O)(=O)CCN(CCO)CCO)c(OC)cc1N=Nc1c(Nc2ccccc2)nc(NCCOCCO)c(C#N)c1C. The number of aliphatic hydroxyl groups excluding tert-OH is 6. The van der Waals surface area contributed by atoms with Crippen molar-refractivity contribution in [2.45, 2.75) is 23.6 Å². The van der Waals surface area contributed by atoms with Crippen LogP contribution >= 0.6 is 0 Å². The summed E-state index contributed by atoms with van der Waals surface area (Å²) in [5, 5.41) is 105. The van der Waals surface area contributed by atoms with Crippen LogP contribution < -0.4 is 40.2 Å². The van der Waals surface area contributed by atoms with Gasteiger partial charge in [0.25, 0.3) is 0 Å². The number of aromatic nitrogens is 2. The molecule has 0 aliphatic heterocycles. The van der Waals surface area contributed by atoms with Gasteiger partial charge in [-0.25, -0.2) is 26.8 Å². The molecular formula is C62H82N14O16S2. The Morgan fingerprint density at radius 1 is 0.468 bits per heavy atom. The lowest BCUT2D eigenvalue weighted by atomic mass is 10.1. The number of methoxy groups -OCH3 is 4. The quantitative estimate of drug-likeness (QED) is 0.0159. The van der Waals surface area contributed by atoms with Crippen LogP contribution in [-0.4, -0.2) is 226 Å². The Bertz CT molecular complexity index is 3740. The molecule has 2 aromatic heterocycles. The van der Waals surface area contributed by atoms with Crippen LogP contribution in [0.3, 0.4) is 0 Å². The molecule has 0 spiro atoms. The minimum absolute atomic E-state index is 0.0185. The molecule has 30 nitrogen and oxygen atoms in total. The Morgan fingerprint density at radius 3 is 1.22 bits per heavy atom. The van der Waals surface area contributed by atoms with Crippen molar-refractivity contribution in [1.29, 1.82) is 10.5 Å². The molecule has 2 heterocycles. The molecule has 0 amide bonds. The van der Waals surface area contributed by atoms with Crippen LogP contribution in [0.1, 0.15) is 22.3 Å². The molecule has 6 aromatic rings. The first kappa shape index (κ1) is 76.0. The normalized spacial score (nSPS) is 11.5. The number of azo groups is 2. The third-order valence-corrected chi connectivity index (χ3v) is 17.2. The fourth-order valence-corrected chi connectivity index (χ4v) is 11.9. The molecular weight excluding hydrogens is 1260 g/mol. The number of hydrogen-bond donors (Lipinski definition) is 10. The van der Waals surface area contributed by atoms with Crippen molar-refractivity contribution in [3.63, 3.8) is 0 Å². The van der Waals surface area contributed by atoms with Crippen LogP contribution in [0.4, 0.5) is 57.4 Å². The maximum absolute atomic E-state index is 13.4. The van der Waals surface area contributed by atoms with E-state index in [0.717, 1.165) is 5.69 Å². The van der Waals surface area contributed by atoms with E-state index in [4.69, 9.17) is 38.6 Å². The average Bonchev–Trinajstić information content (AvgIpc) is 0.809. The number of ether oxygens (including phenoxy) is 6. The zero-order valence-corrected chi connectivity index (χ0v) is 54.9. The van der Waals surface area contributed by atoms with E-state index in [1.54, 1.807) is 23.6 Å².